The molecule has 1 N–H and O–H groups in total. The Morgan fingerprint density at radius 1 is 1.13 bits per heavy atom. The molecule has 1 aliphatic carbocycles. The first-order valence-corrected chi connectivity index (χ1v) is 11.9. The number of nitrogens with zero attached hydrogens (tertiary/aromatic N) is 1. The molecule has 1 aromatic carbocycles. The largest absolute Gasteiger partial charge is 0.465 e. The minimum Gasteiger partial charge on any atom is -0.465 e. The number of aryl methyl sites for hydroxylation is 1. The highest BCUT2D eigenvalue weighted by Gasteiger charge is 2.28. The Balaban J connectivity index is 1.28. The Labute approximate surface area is 187 Å². The number of benzene rings is 1. The fourth-order valence-electron chi connectivity index (χ4n) is 4.36. The monoisotopic (exact) mass is 442 g/mol. The topological polar surface area (TPSA) is 67.9 Å². The zero-order valence-corrected chi connectivity index (χ0v) is 18.8. The lowest BCUT2D eigenvalue weighted by Gasteiger charge is -2.31. The number of thiophene rings is 1. The second kappa shape index (κ2) is 10.4. The molecule has 6 nitrogen and oxygen atoms in total. The number of nitrogens with one attached hydrogen (secondary N) is 1. The summed E-state index contributed by atoms with van der Waals surface area (Å²) in [5, 5.41) is 3.64. The fraction of sp³-hybridized carbons (Fsp3) is 0.500. The van der Waals surface area contributed by atoms with Gasteiger partial charge in [-0.05, 0) is 49.7 Å². The predicted octanol–water partition coefficient (Wildman–Crippen LogP) is 4.03. The van der Waals surface area contributed by atoms with Crippen LogP contribution < -0.4 is 5.32 Å². The van der Waals surface area contributed by atoms with E-state index in [4.69, 9.17) is 9.47 Å². The van der Waals surface area contributed by atoms with E-state index in [0.29, 0.717) is 23.7 Å². The summed E-state index contributed by atoms with van der Waals surface area (Å²) >= 11 is 1.53. The van der Waals surface area contributed by atoms with Crippen molar-refractivity contribution in [1.82, 2.24) is 4.90 Å². The van der Waals surface area contributed by atoms with Crippen molar-refractivity contribution in [3.63, 3.8) is 0 Å². The molecule has 0 unspecified atom stereocenters. The molecule has 31 heavy (non-hydrogen) atoms. The fourth-order valence-corrected chi connectivity index (χ4v) is 5.66. The van der Waals surface area contributed by atoms with Gasteiger partial charge in [0.15, 0.2) is 0 Å². The van der Waals surface area contributed by atoms with E-state index in [1.165, 1.54) is 28.9 Å². The number of hydrogen-bond acceptors (Lipinski definition) is 6. The molecule has 2 aliphatic rings. The Morgan fingerprint density at radius 3 is 2.61 bits per heavy atom. The van der Waals surface area contributed by atoms with Crippen LogP contribution >= 0.6 is 11.3 Å². The lowest BCUT2D eigenvalue weighted by atomic mass is 9.95. The summed E-state index contributed by atoms with van der Waals surface area (Å²) in [5.41, 5.74) is 2.81. The van der Waals surface area contributed by atoms with Gasteiger partial charge in [0.2, 0.25) is 5.91 Å². The summed E-state index contributed by atoms with van der Waals surface area (Å²) in [5.74, 6) is -0.432. The van der Waals surface area contributed by atoms with Crippen LogP contribution in [0.3, 0.4) is 0 Å². The van der Waals surface area contributed by atoms with Gasteiger partial charge in [-0.25, -0.2) is 4.79 Å². The van der Waals surface area contributed by atoms with Crippen LogP contribution in [-0.2, 0) is 33.7 Å². The maximum absolute atomic E-state index is 12.7. The van der Waals surface area contributed by atoms with Gasteiger partial charge in [0.1, 0.15) is 5.00 Å². The van der Waals surface area contributed by atoms with Crippen LogP contribution in [0, 0.1) is 0 Å². The number of hydrogen-bond donors (Lipinski definition) is 1. The van der Waals surface area contributed by atoms with Gasteiger partial charge in [-0.3, -0.25) is 9.69 Å². The Morgan fingerprint density at radius 2 is 1.87 bits per heavy atom. The number of piperidine rings is 1. The van der Waals surface area contributed by atoms with E-state index in [1.807, 2.05) is 18.2 Å². The van der Waals surface area contributed by atoms with Crippen LogP contribution in [0.25, 0.3) is 0 Å². The number of likely N-dealkylation sites (tertiary alicyclic amines) is 1. The minimum absolute atomic E-state index is 0.0765. The first kappa shape index (κ1) is 22.0. The summed E-state index contributed by atoms with van der Waals surface area (Å²) in [6.07, 6.45) is 6.11. The molecule has 2 heterocycles. The standard InChI is InChI=1S/C24H30N2O4S/c1-29-24(28)22-19-9-5-6-10-20(19)31-23(22)25-21(27)15-26-13-11-18(12-14-26)30-16-17-7-3-2-4-8-17/h2-4,7-8,18H,5-6,9-16H2,1H3,(H,25,27). The van der Waals surface area contributed by atoms with Crippen molar-refractivity contribution in [2.45, 2.75) is 51.2 Å². The van der Waals surface area contributed by atoms with Gasteiger partial charge in [-0.15, -0.1) is 11.3 Å². The average molecular weight is 443 g/mol. The third-order valence-corrected chi connectivity index (χ3v) is 7.25. The summed E-state index contributed by atoms with van der Waals surface area (Å²) in [7, 11) is 1.39. The Hall–Kier alpha value is -2.22. The number of amides is 1. The van der Waals surface area contributed by atoms with Gasteiger partial charge >= 0.3 is 5.97 Å². The first-order valence-electron chi connectivity index (χ1n) is 11.0. The van der Waals surface area contributed by atoms with Crippen LogP contribution in [0.1, 0.15) is 52.0 Å². The predicted molar refractivity (Wildman–Crippen MR) is 122 cm³/mol. The van der Waals surface area contributed by atoms with Gasteiger partial charge in [-0.2, -0.15) is 0 Å². The summed E-state index contributed by atoms with van der Waals surface area (Å²) in [4.78, 5) is 28.4. The van der Waals surface area contributed by atoms with Crippen molar-refractivity contribution < 1.29 is 19.1 Å². The maximum Gasteiger partial charge on any atom is 0.341 e. The molecule has 1 amide bonds. The second-order valence-corrected chi connectivity index (χ2v) is 9.33. The molecular formula is C24H30N2O4S. The van der Waals surface area contributed by atoms with Gasteiger partial charge in [0.25, 0.3) is 0 Å². The molecule has 0 spiro atoms. The van der Waals surface area contributed by atoms with E-state index in [-0.39, 0.29) is 18.0 Å². The summed E-state index contributed by atoms with van der Waals surface area (Å²) < 4.78 is 11.0. The van der Waals surface area contributed by atoms with Crippen LogP contribution in [-0.4, -0.2) is 49.6 Å². The van der Waals surface area contributed by atoms with Crippen LogP contribution in [0.2, 0.25) is 0 Å². The highest BCUT2D eigenvalue weighted by Crippen LogP contribution is 2.38. The van der Waals surface area contributed by atoms with E-state index in [9.17, 15) is 9.59 Å². The quantitative estimate of drug-likeness (QED) is 0.656. The van der Waals surface area contributed by atoms with Crippen molar-refractivity contribution >= 4 is 28.2 Å². The Bertz CT molecular complexity index is 904. The summed E-state index contributed by atoms with van der Waals surface area (Å²) in [6.45, 7) is 2.62. The van der Waals surface area contributed by atoms with Crippen molar-refractivity contribution in [3.05, 3.63) is 51.9 Å². The zero-order chi connectivity index (χ0) is 21.6. The molecule has 0 saturated carbocycles. The van der Waals surface area contributed by atoms with Crippen LogP contribution in [0.15, 0.2) is 30.3 Å². The average Bonchev–Trinajstić information content (AvgIpc) is 3.16. The Kier molecular flexibility index (Phi) is 7.37. The number of carbonyl (C=O) groups excluding carboxylic acids is 2. The molecule has 0 radical (unpaired) electrons. The number of fused-ring (bicyclic) bond motifs is 1. The van der Waals surface area contributed by atoms with Gasteiger partial charge in [0, 0.05) is 18.0 Å². The lowest BCUT2D eigenvalue weighted by molar-refractivity contribution is -0.118. The van der Waals surface area contributed by atoms with E-state index >= 15 is 0 Å². The highest BCUT2D eigenvalue weighted by atomic mass is 32.1. The molecular weight excluding hydrogens is 412 g/mol. The van der Waals surface area contributed by atoms with Crippen molar-refractivity contribution in [2.24, 2.45) is 0 Å². The number of methoxy groups -OCH3 is 1. The highest BCUT2D eigenvalue weighted by molar-refractivity contribution is 7.17. The van der Waals surface area contributed by atoms with Crippen LogP contribution in [0.4, 0.5) is 5.00 Å². The third kappa shape index (κ3) is 5.53. The molecule has 1 aromatic heterocycles. The molecule has 1 fully saturated rings. The SMILES string of the molecule is COC(=O)c1c(NC(=O)CN2CCC(OCc3ccccc3)CC2)sc2c1CCCC2. The van der Waals surface area contributed by atoms with Gasteiger partial charge in [0.05, 0.1) is 31.9 Å². The third-order valence-electron chi connectivity index (χ3n) is 6.04. The molecule has 2 aromatic rings. The molecule has 0 atom stereocenters. The first-order chi connectivity index (χ1) is 15.1. The summed E-state index contributed by atoms with van der Waals surface area (Å²) in [6, 6.07) is 10.2. The number of ether oxygens (including phenoxy) is 2. The van der Waals surface area contributed by atoms with E-state index in [1.54, 1.807) is 0 Å². The number of rotatable bonds is 7. The second-order valence-electron chi connectivity index (χ2n) is 8.23. The van der Waals surface area contributed by atoms with E-state index in [0.717, 1.165) is 57.2 Å². The van der Waals surface area contributed by atoms with E-state index in [2.05, 4.69) is 22.3 Å². The molecule has 1 aliphatic heterocycles. The molecule has 0 bridgehead atoms. The van der Waals surface area contributed by atoms with Crippen molar-refractivity contribution in [2.75, 3.05) is 32.1 Å². The molecule has 7 heteroatoms. The van der Waals surface area contributed by atoms with Crippen molar-refractivity contribution in [1.29, 1.82) is 0 Å². The zero-order valence-electron chi connectivity index (χ0n) is 18.0. The number of carbonyl (C=O) groups is 2. The smallest absolute Gasteiger partial charge is 0.341 e. The van der Waals surface area contributed by atoms with Crippen molar-refractivity contribution in [3.8, 4) is 0 Å². The van der Waals surface area contributed by atoms with Gasteiger partial charge in [-0.1, -0.05) is 30.3 Å². The van der Waals surface area contributed by atoms with Crippen LogP contribution in [0.5, 0.6) is 0 Å². The maximum atomic E-state index is 12.7. The number of esters is 1. The molecule has 166 valence electrons. The van der Waals surface area contributed by atoms with E-state index < -0.39 is 0 Å². The minimum atomic E-state index is -0.355. The number of anilines is 1. The molecule has 1 saturated heterocycles. The van der Waals surface area contributed by atoms with Gasteiger partial charge < -0.3 is 14.8 Å². The molecule has 4 rings (SSSR count). The normalized spacial score (nSPS) is 17.2. The lowest BCUT2D eigenvalue weighted by Crippen LogP contribution is -2.41.